The monoisotopic (exact) mass is 404 g/mol. The highest BCUT2D eigenvalue weighted by atomic mass is 79.9. The van der Waals surface area contributed by atoms with Crippen molar-refractivity contribution in [2.24, 2.45) is 5.10 Å². The van der Waals surface area contributed by atoms with E-state index in [-0.39, 0.29) is 17.8 Å². The van der Waals surface area contributed by atoms with Gasteiger partial charge in [0, 0.05) is 5.56 Å². The molecule has 0 unspecified atom stereocenters. The fourth-order valence-corrected chi connectivity index (χ4v) is 2.52. The normalized spacial score (nSPS) is 11.5. The first kappa shape index (κ1) is 19.0. The first-order valence-corrected chi connectivity index (χ1v) is 8.59. The summed E-state index contributed by atoms with van der Waals surface area (Å²) in [6.07, 6.45) is 1.38. The van der Waals surface area contributed by atoms with E-state index in [9.17, 15) is 9.90 Å². The zero-order chi connectivity index (χ0) is 18.4. The maximum atomic E-state index is 11.8. The summed E-state index contributed by atoms with van der Waals surface area (Å²) in [5.74, 6) is 0.297. The number of hydrazone groups is 1. The molecule has 0 saturated heterocycles. The molecular weight excluding hydrogens is 384 g/mol. The SMILES string of the molecule is CC(C)(C)c1ccc(OCC(=O)N/N=C/c2ccccc2O)c(Br)c1. The molecule has 0 aliphatic rings. The molecule has 0 bridgehead atoms. The molecule has 132 valence electrons. The van der Waals surface area contributed by atoms with Crippen LogP contribution < -0.4 is 10.2 Å². The van der Waals surface area contributed by atoms with Crippen LogP contribution in [0.1, 0.15) is 31.9 Å². The molecule has 2 N–H and O–H groups in total. The summed E-state index contributed by atoms with van der Waals surface area (Å²) in [5, 5.41) is 13.4. The number of carbonyl (C=O) groups is 1. The smallest absolute Gasteiger partial charge is 0.277 e. The molecule has 0 aliphatic carbocycles. The van der Waals surface area contributed by atoms with E-state index in [4.69, 9.17) is 4.74 Å². The minimum Gasteiger partial charge on any atom is -0.507 e. The number of hydrogen-bond acceptors (Lipinski definition) is 4. The van der Waals surface area contributed by atoms with Crippen molar-refractivity contribution in [1.29, 1.82) is 0 Å². The Morgan fingerprint density at radius 1 is 1.28 bits per heavy atom. The number of carbonyl (C=O) groups excluding carboxylic acids is 1. The van der Waals surface area contributed by atoms with E-state index >= 15 is 0 Å². The number of nitrogens with zero attached hydrogens (tertiary/aromatic N) is 1. The number of amides is 1. The third-order valence-electron chi connectivity index (χ3n) is 3.49. The van der Waals surface area contributed by atoms with Crippen molar-refractivity contribution in [3.63, 3.8) is 0 Å². The Kier molecular flexibility index (Phi) is 6.20. The van der Waals surface area contributed by atoms with Gasteiger partial charge < -0.3 is 9.84 Å². The van der Waals surface area contributed by atoms with Crippen molar-refractivity contribution >= 4 is 28.1 Å². The number of phenols is 1. The van der Waals surface area contributed by atoms with Crippen molar-refractivity contribution in [2.75, 3.05) is 6.61 Å². The molecule has 2 aromatic carbocycles. The summed E-state index contributed by atoms with van der Waals surface area (Å²) in [4.78, 5) is 11.8. The van der Waals surface area contributed by atoms with E-state index in [0.717, 1.165) is 4.47 Å². The van der Waals surface area contributed by atoms with Crippen LogP contribution in [0.3, 0.4) is 0 Å². The predicted octanol–water partition coefficient (Wildman–Crippen LogP) is 3.98. The first-order valence-electron chi connectivity index (χ1n) is 7.80. The van der Waals surface area contributed by atoms with E-state index in [1.165, 1.54) is 11.8 Å². The number of nitrogens with one attached hydrogen (secondary N) is 1. The molecule has 25 heavy (non-hydrogen) atoms. The molecule has 1 amide bonds. The fraction of sp³-hybridized carbons (Fsp3) is 0.263. The summed E-state index contributed by atoms with van der Waals surface area (Å²) in [5.41, 5.74) is 4.09. The van der Waals surface area contributed by atoms with E-state index in [2.05, 4.69) is 47.2 Å². The lowest BCUT2D eigenvalue weighted by atomic mass is 9.87. The maximum absolute atomic E-state index is 11.8. The number of hydrogen-bond donors (Lipinski definition) is 2. The van der Waals surface area contributed by atoms with Gasteiger partial charge in [0.1, 0.15) is 11.5 Å². The summed E-state index contributed by atoms with van der Waals surface area (Å²) < 4.78 is 6.31. The largest absolute Gasteiger partial charge is 0.507 e. The van der Waals surface area contributed by atoms with Gasteiger partial charge in [-0.25, -0.2) is 5.43 Å². The van der Waals surface area contributed by atoms with Crippen molar-refractivity contribution in [2.45, 2.75) is 26.2 Å². The topological polar surface area (TPSA) is 70.9 Å². The standard InChI is InChI=1S/C19H21BrN2O3/c1-19(2,3)14-8-9-17(15(20)10-14)25-12-18(24)22-21-11-13-6-4-5-7-16(13)23/h4-11,23H,12H2,1-3H3,(H,22,24)/b21-11+. The number of aromatic hydroxyl groups is 1. The van der Waals surface area contributed by atoms with Gasteiger partial charge in [0.25, 0.3) is 5.91 Å². The highest BCUT2D eigenvalue weighted by Gasteiger charge is 2.15. The van der Waals surface area contributed by atoms with Crippen LogP contribution in [0.4, 0.5) is 0 Å². The van der Waals surface area contributed by atoms with Crippen LogP contribution in [0.15, 0.2) is 52.0 Å². The highest BCUT2D eigenvalue weighted by Crippen LogP contribution is 2.31. The second-order valence-electron chi connectivity index (χ2n) is 6.54. The van der Waals surface area contributed by atoms with Crippen molar-refractivity contribution in [1.82, 2.24) is 5.43 Å². The third kappa shape index (κ3) is 5.60. The van der Waals surface area contributed by atoms with Gasteiger partial charge in [-0.2, -0.15) is 5.10 Å². The Morgan fingerprint density at radius 3 is 2.64 bits per heavy atom. The molecule has 0 radical (unpaired) electrons. The molecule has 0 atom stereocenters. The number of ether oxygens (including phenoxy) is 1. The van der Waals surface area contributed by atoms with Crippen LogP contribution in [0.5, 0.6) is 11.5 Å². The average Bonchev–Trinajstić information content (AvgIpc) is 2.54. The lowest BCUT2D eigenvalue weighted by molar-refractivity contribution is -0.123. The summed E-state index contributed by atoms with van der Waals surface area (Å²) in [6, 6.07) is 12.5. The number of phenolic OH excluding ortho intramolecular Hbond substituents is 1. The van der Waals surface area contributed by atoms with Gasteiger partial charge in [-0.15, -0.1) is 0 Å². The summed E-state index contributed by atoms with van der Waals surface area (Å²) in [7, 11) is 0. The van der Waals surface area contributed by atoms with Crippen LogP contribution in [0, 0.1) is 0 Å². The molecule has 0 aromatic heterocycles. The van der Waals surface area contributed by atoms with Crippen LogP contribution in [0.2, 0.25) is 0 Å². The Labute approximate surface area is 155 Å². The third-order valence-corrected chi connectivity index (χ3v) is 4.11. The zero-order valence-corrected chi connectivity index (χ0v) is 16.0. The Hall–Kier alpha value is -2.34. The summed E-state index contributed by atoms with van der Waals surface area (Å²) >= 11 is 3.47. The number of halogens is 1. The van der Waals surface area contributed by atoms with Gasteiger partial charge in [-0.3, -0.25) is 4.79 Å². The second kappa shape index (κ2) is 8.16. The molecular formula is C19H21BrN2O3. The van der Waals surface area contributed by atoms with Crippen LogP contribution in [-0.4, -0.2) is 23.8 Å². The second-order valence-corrected chi connectivity index (χ2v) is 7.39. The Morgan fingerprint density at radius 2 is 2.00 bits per heavy atom. The molecule has 0 spiro atoms. The minimum atomic E-state index is -0.390. The number of para-hydroxylation sites is 1. The first-order chi connectivity index (χ1) is 11.8. The molecule has 0 heterocycles. The van der Waals surface area contributed by atoms with Crippen molar-refractivity contribution < 1.29 is 14.6 Å². The van der Waals surface area contributed by atoms with Gasteiger partial charge in [-0.05, 0) is 51.2 Å². The lowest BCUT2D eigenvalue weighted by Crippen LogP contribution is -2.24. The van der Waals surface area contributed by atoms with Crippen LogP contribution in [-0.2, 0) is 10.2 Å². The lowest BCUT2D eigenvalue weighted by Gasteiger charge is -2.20. The zero-order valence-electron chi connectivity index (χ0n) is 14.4. The Balaban J connectivity index is 1.89. The minimum absolute atomic E-state index is 0.0378. The molecule has 2 rings (SSSR count). The van der Waals surface area contributed by atoms with E-state index in [1.807, 2.05) is 18.2 Å². The Bertz CT molecular complexity index is 782. The molecule has 0 saturated carbocycles. The van der Waals surface area contributed by atoms with Gasteiger partial charge in [0.05, 0.1) is 10.7 Å². The highest BCUT2D eigenvalue weighted by molar-refractivity contribution is 9.10. The predicted molar refractivity (Wildman–Crippen MR) is 102 cm³/mol. The average molecular weight is 405 g/mol. The van der Waals surface area contributed by atoms with Crippen LogP contribution in [0.25, 0.3) is 0 Å². The van der Waals surface area contributed by atoms with Crippen molar-refractivity contribution in [3.8, 4) is 11.5 Å². The maximum Gasteiger partial charge on any atom is 0.277 e. The van der Waals surface area contributed by atoms with E-state index in [1.54, 1.807) is 24.3 Å². The van der Waals surface area contributed by atoms with E-state index < -0.39 is 5.91 Å². The molecule has 5 nitrogen and oxygen atoms in total. The molecule has 0 aliphatic heterocycles. The quantitative estimate of drug-likeness (QED) is 0.584. The fourth-order valence-electron chi connectivity index (χ4n) is 2.03. The van der Waals surface area contributed by atoms with Gasteiger partial charge >= 0.3 is 0 Å². The molecule has 6 heteroatoms. The summed E-state index contributed by atoms with van der Waals surface area (Å²) in [6.45, 7) is 6.23. The molecule has 0 fully saturated rings. The van der Waals surface area contributed by atoms with E-state index in [0.29, 0.717) is 11.3 Å². The molecule has 2 aromatic rings. The van der Waals surface area contributed by atoms with Crippen molar-refractivity contribution in [3.05, 3.63) is 58.1 Å². The van der Waals surface area contributed by atoms with Gasteiger partial charge in [0.2, 0.25) is 0 Å². The number of benzene rings is 2. The van der Waals surface area contributed by atoms with Gasteiger partial charge in [-0.1, -0.05) is 39.0 Å². The van der Waals surface area contributed by atoms with Gasteiger partial charge in [0.15, 0.2) is 6.61 Å². The number of rotatable bonds is 5. The van der Waals surface area contributed by atoms with Crippen LogP contribution >= 0.6 is 15.9 Å².